The van der Waals surface area contributed by atoms with Crippen LogP contribution in [0.5, 0.6) is 0 Å². The Balaban J connectivity index is 2.04. The Morgan fingerprint density at radius 2 is 2.47 bits per heavy atom. The zero-order valence-corrected chi connectivity index (χ0v) is 11.0. The molecule has 1 aromatic rings. The third-order valence-electron chi connectivity index (χ3n) is 2.26. The van der Waals surface area contributed by atoms with E-state index in [1.165, 1.54) is 0 Å². The van der Waals surface area contributed by atoms with Crippen molar-refractivity contribution in [3.63, 3.8) is 0 Å². The number of aryl methyl sites for hydroxylation is 1. The van der Waals surface area contributed by atoms with Crippen LogP contribution in [0, 0.1) is 6.92 Å². The Hall–Kier alpha value is -1.21. The van der Waals surface area contributed by atoms with E-state index in [2.05, 4.69) is 20.3 Å². The van der Waals surface area contributed by atoms with Crippen molar-refractivity contribution >= 4 is 17.7 Å². The molecule has 0 radical (unpaired) electrons. The number of hydrogen-bond donors (Lipinski definition) is 4. The first-order valence-corrected chi connectivity index (χ1v) is 6.60. The van der Waals surface area contributed by atoms with Gasteiger partial charge < -0.3 is 10.3 Å². The predicted octanol–water partition coefficient (Wildman–Crippen LogP) is 0.896. The van der Waals surface area contributed by atoms with Crippen molar-refractivity contribution in [1.82, 2.24) is 20.8 Å². The van der Waals surface area contributed by atoms with Gasteiger partial charge in [-0.15, -0.1) is 0 Å². The monoisotopic (exact) mass is 257 g/mol. The molecule has 0 aliphatic heterocycles. The summed E-state index contributed by atoms with van der Waals surface area (Å²) in [4.78, 5) is 11.1. The second kappa shape index (κ2) is 7.97. The van der Waals surface area contributed by atoms with Crippen molar-refractivity contribution in [1.29, 1.82) is 0 Å². The van der Waals surface area contributed by atoms with Gasteiger partial charge in [0.25, 0.3) is 0 Å². The summed E-state index contributed by atoms with van der Waals surface area (Å²) in [6, 6.07) is 0. The van der Waals surface area contributed by atoms with Crippen LogP contribution >= 0.6 is 11.8 Å². The molecule has 0 bridgehead atoms. The largest absolute Gasteiger partial charge is 0.355 e. The number of imidazole rings is 1. The zero-order chi connectivity index (χ0) is 12.5. The van der Waals surface area contributed by atoms with Crippen LogP contribution in [0.4, 0.5) is 0 Å². The van der Waals surface area contributed by atoms with Crippen molar-refractivity contribution in [2.45, 2.75) is 19.1 Å². The topological polar surface area (TPSA) is 85.3 Å². The maximum absolute atomic E-state index is 8.62. The highest BCUT2D eigenvalue weighted by Crippen LogP contribution is 2.12. The molecule has 4 N–H and O–H groups in total. The maximum Gasteiger partial charge on any atom is 0.215 e. The molecule has 96 valence electrons. The Morgan fingerprint density at radius 3 is 3.06 bits per heavy atom. The molecule has 0 atom stereocenters. The van der Waals surface area contributed by atoms with Crippen LogP contribution in [0.3, 0.4) is 0 Å². The highest BCUT2D eigenvalue weighted by molar-refractivity contribution is 7.98. The molecular weight excluding hydrogens is 238 g/mol. The third-order valence-corrected chi connectivity index (χ3v) is 3.32. The molecule has 0 fully saturated rings. The minimum atomic E-state index is 0.401. The van der Waals surface area contributed by atoms with Crippen molar-refractivity contribution in [2.75, 3.05) is 19.3 Å². The first-order chi connectivity index (χ1) is 8.27. The molecule has 7 heteroatoms. The summed E-state index contributed by atoms with van der Waals surface area (Å²) in [6.45, 7) is 2.81. The molecule has 0 saturated heterocycles. The fourth-order valence-corrected chi connectivity index (χ4v) is 2.23. The van der Waals surface area contributed by atoms with Gasteiger partial charge in [-0.05, 0) is 19.1 Å². The lowest BCUT2D eigenvalue weighted by Gasteiger charge is -2.06. The molecule has 0 saturated carbocycles. The van der Waals surface area contributed by atoms with Crippen LogP contribution in [0.1, 0.15) is 17.8 Å². The molecule has 6 nitrogen and oxygen atoms in total. The van der Waals surface area contributed by atoms with E-state index in [4.69, 9.17) is 5.21 Å². The first-order valence-electron chi connectivity index (χ1n) is 5.45. The van der Waals surface area contributed by atoms with Gasteiger partial charge in [-0.2, -0.15) is 11.8 Å². The van der Waals surface area contributed by atoms with Gasteiger partial charge in [0.1, 0.15) is 0 Å². The lowest BCUT2D eigenvalue weighted by atomic mass is 10.4. The van der Waals surface area contributed by atoms with Crippen molar-refractivity contribution in [3.05, 3.63) is 17.7 Å². The third kappa shape index (κ3) is 5.10. The zero-order valence-electron chi connectivity index (χ0n) is 10.2. The molecule has 17 heavy (non-hydrogen) atoms. The SMILES string of the molecule is CN=C(NO)NCCCSCc1nc[nH]c1C. The van der Waals surface area contributed by atoms with Gasteiger partial charge in [0.05, 0.1) is 12.0 Å². The Kier molecular flexibility index (Phi) is 6.49. The van der Waals surface area contributed by atoms with Crippen LogP contribution in [0.2, 0.25) is 0 Å². The fraction of sp³-hybridized carbons (Fsp3) is 0.600. The number of thioether (sulfide) groups is 1. The average Bonchev–Trinajstić information content (AvgIpc) is 2.74. The van der Waals surface area contributed by atoms with Gasteiger partial charge in [0.2, 0.25) is 5.96 Å². The number of hydrogen-bond acceptors (Lipinski definition) is 4. The summed E-state index contributed by atoms with van der Waals surface area (Å²) in [5.74, 6) is 2.38. The average molecular weight is 257 g/mol. The number of nitrogens with zero attached hydrogens (tertiary/aromatic N) is 2. The smallest absolute Gasteiger partial charge is 0.215 e. The highest BCUT2D eigenvalue weighted by Gasteiger charge is 2.00. The van der Waals surface area contributed by atoms with Crippen LogP contribution < -0.4 is 10.8 Å². The van der Waals surface area contributed by atoms with Gasteiger partial charge in [0.15, 0.2) is 0 Å². The molecule has 0 aliphatic carbocycles. The summed E-state index contributed by atoms with van der Waals surface area (Å²) in [5, 5.41) is 11.6. The Morgan fingerprint density at radius 1 is 1.65 bits per heavy atom. The summed E-state index contributed by atoms with van der Waals surface area (Å²) >= 11 is 1.85. The molecular formula is C10H19N5OS. The molecule has 1 heterocycles. The molecule has 0 amide bonds. The molecule has 1 aromatic heterocycles. The van der Waals surface area contributed by atoms with E-state index in [9.17, 15) is 0 Å². The minimum Gasteiger partial charge on any atom is -0.355 e. The molecule has 0 aliphatic rings. The highest BCUT2D eigenvalue weighted by atomic mass is 32.2. The Bertz CT molecular complexity index is 352. The number of aliphatic imine (C=N–C) groups is 1. The summed E-state index contributed by atoms with van der Waals surface area (Å²) < 4.78 is 0. The lowest BCUT2D eigenvalue weighted by molar-refractivity contribution is 0.229. The summed E-state index contributed by atoms with van der Waals surface area (Å²) in [6.07, 6.45) is 2.73. The standard InChI is InChI=1S/C10H19N5OS/c1-8-9(14-7-13-8)6-17-5-3-4-12-10(11-2)15-16/h7,16H,3-6H2,1-2H3,(H,13,14)(H2,11,12,15). The number of rotatable bonds is 6. The molecule has 1 rings (SSSR count). The Labute approximate surface area is 105 Å². The fourth-order valence-electron chi connectivity index (χ4n) is 1.25. The van der Waals surface area contributed by atoms with Crippen LogP contribution in [-0.4, -0.2) is 40.5 Å². The van der Waals surface area contributed by atoms with Crippen molar-refractivity contribution in [2.24, 2.45) is 4.99 Å². The van der Waals surface area contributed by atoms with Crippen LogP contribution in [0.15, 0.2) is 11.3 Å². The van der Waals surface area contributed by atoms with E-state index >= 15 is 0 Å². The normalized spacial score (nSPS) is 11.6. The van der Waals surface area contributed by atoms with E-state index in [1.54, 1.807) is 13.4 Å². The van der Waals surface area contributed by atoms with E-state index in [0.29, 0.717) is 5.96 Å². The van der Waals surface area contributed by atoms with Crippen LogP contribution in [0.25, 0.3) is 0 Å². The number of H-pyrrole nitrogens is 1. The van der Waals surface area contributed by atoms with E-state index in [-0.39, 0.29) is 0 Å². The number of aromatic amines is 1. The maximum atomic E-state index is 8.62. The second-order valence-electron chi connectivity index (χ2n) is 3.49. The lowest BCUT2D eigenvalue weighted by Crippen LogP contribution is -2.35. The molecule has 0 unspecified atom stereocenters. The molecule has 0 aromatic carbocycles. The van der Waals surface area contributed by atoms with Gasteiger partial charge >= 0.3 is 0 Å². The number of guanidine groups is 1. The van der Waals surface area contributed by atoms with Crippen molar-refractivity contribution < 1.29 is 5.21 Å². The van der Waals surface area contributed by atoms with E-state index in [1.807, 2.05) is 24.2 Å². The van der Waals surface area contributed by atoms with Gasteiger partial charge in [-0.3, -0.25) is 10.2 Å². The number of hydroxylamine groups is 1. The van der Waals surface area contributed by atoms with Gasteiger partial charge in [-0.25, -0.2) is 10.5 Å². The van der Waals surface area contributed by atoms with Gasteiger partial charge in [0, 0.05) is 25.0 Å². The molecule has 0 spiro atoms. The van der Waals surface area contributed by atoms with Gasteiger partial charge in [-0.1, -0.05) is 0 Å². The summed E-state index contributed by atoms with van der Waals surface area (Å²) in [7, 11) is 1.61. The number of aromatic nitrogens is 2. The minimum absolute atomic E-state index is 0.401. The number of nitrogens with one attached hydrogen (secondary N) is 3. The van der Waals surface area contributed by atoms with E-state index < -0.39 is 0 Å². The van der Waals surface area contributed by atoms with E-state index in [0.717, 1.165) is 35.9 Å². The quantitative estimate of drug-likeness (QED) is 0.263. The predicted molar refractivity (Wildman–Crippen MR) is 70.4 cm³/mol. The first kappa shape index (κ1) is 13.9. The second-order valence-corrected chi connectivity index (χ2v) is 4.60. The summed E-state index contributed by atoms with van der Waals surface area (Å²) in [5.41, 5.74) is 4.25. The van der Waals surface area contributed by atoms with Crippen molar-refractivity contribution in [3.8, 4) is 0 Å². The van der Waals surface area contributed by atoms with Crippen LogP contribution in [-0.2, 0) is 5.75 Å².